The number of fused-ring (bicyclic) bond motifs is 2. The average molecular weight is 376 g/mol. The van der Waals surface area contributed by atoms with Crippen molar-refractivity contribution in [3.63, 3.8) is 0 Å². The summed E-state index contributed by atoms with van der Waals surface area (Å²) in [5, 5.41) is 0. The molecular weight excluding hydrogens is 338 g/mol. The van der Waals surface area contributed by atoms with Crippen molar-refractivity contribution in [2.45, 2.75) is 70.8 Å². The number of aryl methyl sites for hydroxylation is 2. The molecule has 1 nitrogen and oxygen atoms in total. The Labute approximate surface area is 172 Å². The maximum atomic E-state index is 4.16. The van der Waals surface area contributed by atoms with Crippen LogP contribution in [0.1, 0.15) is 68.7 Å². The van der Waals surface area contributed by atoms with Crippen LogP contribution in [0, 0.1) is 0 Å². The first-order chi connectivity index (χ1) is 13.7. The van der Waals surface area contributed by atoms with Crippen LogP contribution in [0.3, 0.4) is 0 Å². The van der Waals surface area contributed by atoms with Crippen LogP contribution < -0.4 is 0 Å². The van der Waals surface area contributed by atoms with E-state index < -0.39 is 0 Å². The number of likely N-dealkylation sites (tertiary alicyclic amines) is 1. The van der Waals surface area contributed by atoms with Gasteiger partial charge in [-0.25, -0.2) is 0 Å². The van der Waals surface area contributed by atoms with Crippen LogP contribution in [0.4, 0.5) is 0 Å². The second-order valence-corrected chi connectivity index (χ2v) is 8.17. The summed E-state index contributed by atoms with van der Waals surface area (Å²) in [4.78, 5) is 2.70. The highest BCUT2D eigenvalue weighted by Gasteiger charge is 2.38. The van der Waals surface area contributed by atoms with E-state index in [1.807, 2.05) is 13.8 Å². The first kappa shape index (κ1) is 20.9. The third-order valence-electron chi connectivity index (χ3n) is 6.74. The molecule has 1 fully saturated rings. The molecule has 28 heavy (non-hydrogen) atoms. The molecular formula is C27H37N. The predicted molar refractivity (Wildman–Crippen MR) is 122 cm³/mol. The summed E-state index contributed by atoms with van der Waals surface area (Å²) >= 11 is 0. The summed E-state index contributed by atoms with van der Waals surface area (Å²) in [5.41, 5.74) is 6.20. The smallest absolute Gasteiger partial charge is 0.0254 e. The van der Waals surface area contributed by atoms with E-state index in [2.05, 4.69) is 73.0 Å². The van der Waals surface area contributed by atoms with Crippen LogP contribution in [-0.2, 0) is 18.3 Å². The van der Waals surface area contributed by atoms with Gasteiger partial charge in [0.1, 0.15) is 0 Å². The second kappa shape index (κ2) is 9.56. The summed E-state index contributed by atoms with van der Waals surface area (Å²) < 4.78 is 0. The van der Waals surface area contributed by atoms with Crippen molar-refractivity contribution in [3.05, 3.63) is 83.4 Å². The summed E-state index contributed by atoms with van der Waals surface area (Å²) in [6.45, 7) is 13.0. The van der Waals surface area contributed by atoms with Gasteiger partial charge in [-0.1, -0.05) is 68.5 Å². The summed E-state index contributed by atoms with van der Waals surface area (Å²) in [6, 6.07) is 19.0. The predicted octanol–water partition coefficient (Wildman–Crippen LogP) is 6.55. The maximum absolute atomic E-state index is 4.16. The minimum absolute atomic E-state index is 0.0632. The monoisotopic (exact) mass is 375 g/mol. The largest absolute Gasteiger partial charge is 0.301 e. The molecule has 1 aliphatic carbocycles. The molecule has 0 N–H and O–H groups in total. The molecule has 0 radical (unpaired) electrons. The van der Waals surface area contributed by atoms with Crippen LogP contribution in [0.25, 0.3) is 0 Å². The molecule has 2 aliphatic rings. The lowest BCUT2D eigenvalue weighted by molar-refractivity contribution is 0.243. The van der Waals surface area contributed by atoms with Crippen LogP contribution in [0.15, 0.2) is 61.2 Å². The average Bonchev–Trinajstić information content (AvgIpc) is 3.10. The quantitative estimate of drug-likeness (QED) is 0.536. The van der Waals surface area contributed by atoms with Gasteiger partial charge in [0.15, 0.2) is 0 Å². The molecule has 1 atom stereocenters. The third-order valence-corrected chi connectivity index (χ3v) is 6.74. The van der Waals surface area contributed by atoms with E-state index in [4.69, 9.17) is 0 Å². The van der Waals surface area contributed by atoms with Crippen molar-refractivity contribution >= 4 is 0 Å². The van der Waals surface area contributed by atoms with E-state index in [1.54, 1.807) is 0 Å². The summed E-state index contributed by atoms with van der Waals surface area (Å²) in [5.74, 6) is 0. The molecule has 1 aliphatic heterocycles. The molecule has 1 unspecified atom stereocenters. The van der Waals surface area contributed by atoms with Crippen LogP contribution in [-0.4, -0.2) is 24.0 Å². The molecule has 0 spiro atoms. The summed E-state index contributed by atoms with van der Waals surface area (Å²) in [6.07, 6.45) is 9.33. The Hall–Kier alpha value is -1.86. The topological polar surface area (TPSA) is 3.24 Å². The fourth-order valence-corrected chi connectivity index (χ4v) is 5.32. The number of nitrogens with zero attached hydrogens (tertiary/aromatic N) is 1. The highest BCUT2D eigenvalue weighted by Crippen LogP contribution is 2.45. The maximum Gasteiger partial charge on any atom is 0.0254 e. The molecule has 1 saturated heterocycles. The molecule has 0 aromatic heterocycles. The van der Waals surface area contributed by atoms with Gasteiger partial charge in [-0.15, -0.1) is 6.58 Å². The van der Waals surface area contributed by atoms with Gasteiger partial charge in [-0.05, 0) is 80.8 Å². The van der Waals surface area contributed by atoms with Crippen molar-refractivity contribution in [2.75, 3.05) is 13.1 Å². The SMILES string of the molecule is C=CCC1(CCN2CCCC2C)c2ccccc2CCc2ccccc21.CC. The fourth-order valence-electron chi connectivity index (χ4n) is 5.32. The highest BCUT2D eigenvalue weighted by molar-refractivity contribution is 5.50. The zero-order valence-corrected chi connectivity index (χ0v) is 18.1. The van der Waals surface area contributed by atoms with E-state index in [1.165, 1.54) is 54.6 Å². The van der Waals surface area contributed by atoms with Crippen molar-refractivity contribution in [1.82, 2.24) is 4.90 Å². The van der Waals surface area contributed by atoms with Gasteiger partial charge >= 0.3 is 0 Å². The first-order valence-corrected chi connectivity index (χ1v) is 11.3. The normalized spacial score (nSPS) is 20.3. The van der Waals surface area contributed by atoms with Crippen molar-refractivity contribution in [2.24, 2.45) is 0 Å². The lowest BCUT2D eigenvalue weighted by Gasteiger charge is -2.38. The third kappa shape index (κ3) is 3.96. The Morgan fingerprint density at radius 2 is 1.57 bits per heavy atom. The number of rotatable bonds is 5. The lowest BCUT2D eigenvalue weighted by atomic mass is 9.68. The zero-order valence-electron chi connectivity index (χ0n) is 18.1. The van der Waals surface area contributed by atoms with Gasteiger partial charge in [0, 0.05) is 11.5 Å². The fraction of sp³-hybridized carbons (Fsp3) is 0.481. The van der Waals surface area contributed by atoms with Crippen molar-refractivity contribution in [3.8, 4) is 0 Å². The van der Waals surface area contributed by atoms with E-state index >= 15 is 0 Å². The Morgan fingerprint density at radius 3 is 2.07 bits per heavy atom. The van der Waals surface area contributed by atoms with E-state index in [-0.39, 0.29) is 5.41 Å². The van der Waals surface area contributed by atoms with E-state index in [0.29, 0.717) is 0 Å². The Balaban J connectivity index is 0.00000109. The number of hydrogen-bond acceptors (Lipinski definition) is 1. The molecule has 1 heteroatoms. The summed E-state index contributed by atoms with van der Waals surface area (Å²) in [7, 11) is 0. The molecule has 0 bridgehead atoms. The molecule has 0 saturated carbocycles. The molecule has 1 heterocycles. The number of hydrogen-bond donors (Lipinski definition) is 0. The zero-order chi connectivity index (χ0) is 20.0. The molecule has 2 aromatic carbocycles. The van der Waals surface area contributed by atoms with Crippen molar-refractivity contribution in [1.29, 1.82) is 0 Å². The minimum Gasteiger partial charge on any atom is -0.301 e. The Kier molecular flexibility index (Phi) is 7.13. The number of allylic oxidation sites excluding steroid dienone is 1. The van der Waals surface area contributed by atoms with Gasteiger partial charge in [-0.2, -0.15) is 0 Å². The molecule has 4 rings (SSSR count). The van der Waals surface area contributed by atoms with Crippen molar-refractivity contribution < 1.29 is 0 Å². The minimum atomic E-state index is 0.0632. The van der Waals surface area contributed by atoms with Gasteiger partial charge in [0.25, 0.3) is 0 Å². The van der Waals surface area contributed by atoms with Gasteiger partial charge < -0.3 is 4.90 Å². The van der Waals surface area contributed by atoms with E-state index in [0.717, 1.165) is 25.3 Å². The lowest BCUT2D eigenvalue weighted by Crippen LogP contribution is -2.36. The Bertz CT molecular complexity index is 728. The molecule has 150 valence electrons. The Morgan fingerprint density at radius 1 is 1.00 bits per heavy atom. The van der Waals surface area contributed by atoms with Gasteiger partial charge in [0.05, 0.1) is 0 Å². The van der Waals surface area contributed by atoms with E-state index in [9.17, 15) is 0 Å². The van der Waals surface area contributed by atoms with Gasteiger partial charge in [-0.3, -0.25) is 0 Å². The molecule has 2 aromatic rings. The highest BCUT2D eigenvalue weighted by atomic mass is 15.2. The van der Waals surface area contributed by atoms with Crippen LogP contribution in [0.5, 0.6) is 0 Å². The standard InChI is InChI=1S/C25H31N.C2H6/c1-3-16-25(17-19-26-18-8-9-20(26)2)23-12-6-4-10-21(23)14-15-22-11-5-7-13-24(22)25;1-2/h3-7,10-13,20H,1,8-9,14-19H2,2H3;1-2H3. The number of benzene rings is 2. The van der Waals surface area contributed by atoms with Gasteiger partial charge in [0.2, 0.25) is 0 Å². The second-order valence-electron chi connectivity index (χ2n) is 8.17. The molecule has 0 amide bonds. The van der Waals surface area contributed by atoms with Crippen LogP contribution in [0.2, 0.25) is 0 Å². The van der Waals surface area contributed by atoms with Crippen LogP contribution >= 0.6 is 0 Å². The first-order valence-electron chi connectivity index (χ1n) is 11.3.